The summed E-state index contributed by atoms with van der Waals surface area (Å²) in [5.41, 5.74) is 0. The standard InChI is InChI=1S/C11H20O3/c1-8(7-14-2)9-5-3-4-6-10(9)11(12)13/h8-10H,3-7H2,1-2H3,(H,12,13). The molecule has 1 fully saturated rings. The molecular formula is C11H20O3. The Bertz CT molecular complexity index is 191. The summed E-state index contributed by atoms with van der Waals surface area (Å²) in [5, 5.41) is 9.08. The van der Waals surface area contributed by atoms with Crippen molar-refractivity contribution in [2.45, 2.75) is 32.6 Å². The van der Waals surface area contributed by atoms with Crippen molar-refractivity contribution in [3.8, 4) is 0 Å². The number of hydrogen-bond donors (Lipinski definition) is 1. The molecule has 0 heterocycles. The molecule has 0 bridgehead atoms. The Labute approximate surface area is 85.5 Å². The highest BCUT2D eigenvalue weighted by atomic mass is 16.5. The largest absolute Gasteiger partial charge is 0.481 e. The van der Waals surface area contributed by atoms with Crippen LogP contribution >= 0.6 is 0 Å². The van der Waals surface area contributed by atoms with Crippen LogP contribution in [-0.2, 0) is 9.53 Å². The average Bonchev–Trinajstić information content (AvgIpc) is 2.18. The molecular weight excluding hydrogens is 180 g/mol. The van der Waals surface area contributed by atoms with E-state index in [1.54, 1.807) is 7.11 Å². The van der Waals surface area contributed by atoms with Gasteiger partial charge < -0.3 is 9.84 Å². The monoisotopic (exact) mass is 200 g/mol. The summed E-state index contributed by atoms with van der Waals surface area (Å²) < 4.78 is 5.09. The lowest BCUT2D eigenvalue weighted by molar-refractivity contribution is -0.146. The van der Waals surface area contributed by atoms with E-state index in [9.17, 15) is 4.79 Å². The summed E-state index contributed by atoms with van der Waals surface area (Å²) in [5.74, 6) is -0.103. The maximum atomic E-state index is 11.0. The highest BCUT2D eigenvalue weighted by molar-refractivity contribution is 5.70. The maximum Gasteiger partial charge on any atom is 0.306 e. The van der Waals surface area contributed by atoms with Gasteiger partial charge in [0, 0.05) is 13.7 Å². The van der Waals surface area contributed by atoms with Crippen LogP contribution < -0.4 is 0 Å². The van der Waals surface area contributed by atoms with E-state index in [-0.39, 0.29) is 5.92 Å². The quantitative estimate of drug-likeness (QED) is 0.756. The highest BCUT2D eigenvalue weighted by Crippen LogP contribution is 2.35. The van der Waals surface area contributed by atoms with Gasteiger partial charge >= 0.3 is 5.97 Å². The Balaban J connectivity index is 2.57. The Morgan fingerprint density at radius 1 is 1.50 bits per heavy atom. The van der Waals surface area contributed by atoms with Crippen molar-refractivity contribution in [2.75, 3.05) is 13.7 Å². The average molecular weight is 200 g/mol. The van der Waals surface area contributed by atoms with Crippen molar-refractivity contribution < 1.29 is 14.6 Å². The summed E-state index contributed by atoms with van der Waals surface area (Å²) in [7, 11) is 1.68. The first-order valence-corrected chi connectivity index (χ1v) is 5.38. The molecule has 3 unspecified atom stereocenters. The van der Waals surface area contributed by atoms with Gasteiger partial charge in [-0.25, -0.2) is 0 Å². The van der Waals surface area contributed by atoms with E-state index in [2.05, 4.69) is 6.92 Å². The van der Waals surface area contributed by atoms with Crippen LogP contribution in [0.15, 0.2) is 0 Å². The van der Waals surface area contributed by atoms with Crippen LogP contribution in [0.4, 0.5) is 0 Å². The van der Waals surface area contributed by atoms with E-state index < -0.39 is 5.97 Å². The minimum absolute atomic E-state index is 0.145. The van der Waals surface area contributed by atoms with Gasteiger partial charge in [-0.3, -0.25) is 4.79 Å². The molecule has 0 saturated heterocycles. The minimum Gasteiger partial charge on any atom is -0.481 e. The van der Waals surface area contributed by atoms with Crippen LogP contribution in [0, 0.1) is 17.8 Å². The molecule has 3 atom stereocenters. The smallest absolute Gasteiger partial charge is 0.306 e. The molecule has 3 heteroatoms. The molecule has 0 aliphatic heterocycles. The fourth-order valence-electron chi connectivity index (χ4n) is 2.53. The number of carbonyl (C=O) groups is 1. The van der Waals surface area contributed by atoms with Crippen LogP contribution in [0.5, 0.6) is 0 Å². The number of hydrogen-bond acceptors (Lipinski definition) is 2. The molecule has 1 rings (SSSR count). The Morgan fingerprint density at radius 2 is 2.14 bits per heavy atom. The molecule has 0 spiro atoms. The van der Waals surface area contributed by atoms with E-state index in [0.29, 0.717) is 18.4 Å². The third-order valence-corrected chi connectivity index (χ3v) is 3.30. The first-order chi connectivity index (χ1) is 6.66. The van der Waals surface area contributed by atoms with Crippen LogP contribution in [0.1, 0.15) is 32.6 Å². The van der Waals surface area contributed by atoms with Gasteiger partial charge in [-0.1, -0.05) is 19.8 Å². The first-order valence-electron chi connectivity index (χ1n) is 5.38. The van der Waals surface area contributed by atoms with Crippen LogP contribution in [0.25, 0.3) is 0 Å². The van der Waals surface area contributed by atoms with E-state index in [1.807, 2.05) is 0 Å². The lowest BCUT2D eigenvalue weighted by Crippen LogP contribution is -2.32. The summed E-state index contributed by atoms with van der Waals surface area (Å²) in [6.07, 6.45) is 4.12. The molecule has 0 aromatic heterocycles. The normalized spacial score (nSPS) is 29.9. The van der Waals surface area contributed by atoms with Crippen molar-refractivity contribution in [3.05, 3.63) is 0 Å². The number of carboxylic acid groups (broad SMARTS) is 1. The molecule has 1 saturated carbocycles. The molecule has 1 N–H and O–H groups in total. The fourth-order valence-corrected chi connectivity index (χ4v) is 2.53. The Kier molecular flexibility index (Phi) is 4.39. The van der Waals surface area contributed by atoms with Gasteiger partial charge in [0.15, 0.2) is 0 Å². The van der Waals surface area contributed by atoms with Gasteiger partial charge in [0.2, 0.25) is 0 Å². The van der Waals surface area contributed by atoms with E-state index in [4.69, 9.17) is 9.84 Å². The van der Waals surface area contributed by atoms with Crippen molar-refractivity contribution in [3.63, 3.8) is 0 Å². The first kappa shape index (κ1) is 11.5. The summed E-state index contributed by atoms with van der Waals surface area (Å²) in [6.45, 7) is 2.77. The molecule has 0 aromatic carbocycles. The van der Waals surface area contributed by atoms with Crippen molar-refractivity contribution in [2.24, 2.45) is 17.8 Å². The Morgan fingerprint density at radius 3 is 2.71 bits per heavy atom. The number of rotatable bonds is 4. The minimum atomic E-state index is -0.627. The summed E-state index contributed by atoms with van der Waals surface area (Å²) in [4.78, 5) is 11.0. The van der Waals surface area contributed by atoms with Gasteiger partial charge in [0.1, 0.15) is 0 Å². The number of aliphatic carboxylic acids is 1. The molecule has 1 aliphatic carbocycles. The third-order valence-electron chi connectivity index (χ3n) is 3.30. The van der Waals surface area contributed by atoms with Crippen LogP contribution in [0.3, 0.4) is 0 Å². The third kappa shape index (κ3) is 2.71. The van der Waals surface area contributed by atoms with Crippen molar-refractivity contribution >= 4 is 5.97 Å². The second kappa shape index (κ2) is 5.35. The lowest BCUT2D eigenvalue weighted by atomic mass is 9.73. The molecule has 3 nitrogen and oxygen atoms in total. The van der Waals surface area contributed by atoms with E-state index in [0.717, 1.165) is 19.3 Å². The van der Waals surface area contributed by atoms with E-state index >= 15 is 0 Å². The second-order valence-corrected chi connectivity index (χ2v) is 4.33. The predicted molar refractivity (Wildman–Crippen MR) is 54.1 cm³/mol. The summed E-state index contributed by atoms with van der Waals surface area (Å²) in [6, 6.07) is 0. The van der Waals surface area contributed by atoms with Gasteiger partial charge in [0.05, 0.1) is 5.92 Å². The summed E-state index contributed by atoms with van der Waals surface area (Å²) >= 11 is 0. The lowest BCUT2D eigenvalue weighted by Gasteiger charge is -2.32. The maximum absolute atomic E-state index is 11.0. The molecule has 1 aliphatic rings. The van der Waals surface area contributed by atoms with Crippen LogP contribution in [-0.4, -0.2) is 24.8 Å². The number of methoxy groups -OCH3 is 1. The number of carboxylic acids is 1. The van der Waals surface area contributed by atoms with Gasteiger partial charge in [-0.15, -0.1) is 0 Å². The highest BCUT2D eigenvalue weighted by Gasteiger charge is 2.33. The van der Waals surface area contributed by atoms with Crippen molar-refractivity contribution in [1.29, 1.82) is 0 Å². The zero-order valence-corrected chi connectivity index (χ0v) is 9.03. The zero-order valence-electron chi connectivity index (χ0n) is 9.03. The molecule has 0 aromatic rings. The van der Waals surface area contributed by atoms with Crippen LogP contribution in [0.2, 0.25) is 0 Å². The van der Waals surface area contributed by atoms with Crippen molar-refractivity contribution in [1.82, 2.24) is 0 Å². The number of ether oxygens (including phenoxy) is 1. The van der Waals surface area contributed by atoms with E-state index in [1.165, 1.54) is 6.42 Å². The molecule has 0 amide bonds. The van der Waals surface area contributed by atoms with Gasteiger partial charge in [-0.2, -0.15) is 0 Å². The Hall–Kier alpha value is -0.570. The fraction of sp³-hybridized carbons (Fsp3) is 0.909. The SMILES string of the molecule is COCC(C)C1CCCCC1C(=O)O. The molecule has 82 valence electrons. The second-order valence-electron chi connectivity index (χ2n) is 4.33. The topological polar surface area (TPSA) is 46.5 Å². The zero-order chi connectivity index (χ0) is 10.6. The van der Waals surface area contributed by atoms with Gasteiger partial charge in [-0.05, 0) is 24.7 Å². The van der Waals surface area contributed by atoms with Gasteiger partial charge in [0.25, 0.3) is 0 Å². The molecule has 14 heavy (non-hydrogen) atoms. The molecule has 0 radical (unpaired) electrons. The predicted octanol–water partition coefficient (Wildman–Crippen LogP) is 2.16.